The lowest BCUT2D eigenvalue weighted by atomic mass is 9.85. The van der Waals surface area contributed by atoms with Gasteiger partial charge in [0.25, 0.3) is 0 Å². The molecule has 1 amide bonds. The Kier molecular flexibility index (Phi) is 9.89. The van der Waals surface area contributed by atoms with Gasteiger partial charge in [0.1, 0.15) is 0 Å². The third-order valence-electron chi connectivity index (χ3n) is 7.38. The SMILES string of the molecule is COCCN1CCN(C(=O)Oc2ccc(C[C@H]3C(=O)OC[C@@H]3Cc3ccc(OC)c(OC)c3)cc2OC)CC1. The summed E-state index contributed by atoms with van der Waals surface area (Å²) in [6.45, 7) is 4.61. The molecule has 2 aliphatic rings. The number of methoxy groups -OCH3 is 4. The standard InChI is InChI=1S/C29H38N2O8/c1-34-14-13-30-9-11-31(12-10-30)29(33)39-25-8-6-21(18-27(25)37-4)16-23-22(19-38-28(23)32)15-20-5-7-24(35-2)26(17-20)36-3/h5-8,17-18,22-23H,9-16,19H2,1-4H3/t22-,23+/m0/s1. The van der Waals surface area contributed by atoms with Crippen LogP contribution < -0.4 is 18.9 Å². The number of hydrogen-bond acceptors (Lipinski definition) is 9. The third-order valence-corrected chi connectivity index (χ3v) is 7.38. The predicted molar refractivity (Wildman–Crippen MR) is 144 cm³/mol. The van der Waals surface area contributed by atoms with E-state index in [1.807, 2.05) is 30.3 Å². The van der Waals surface area contributed by atoms with Gasteiger partial charge in [0, 0.05) is 45.8 Å². The maximum Gasteiger partial charge on any atom is 0.415 e. The molecule has 2 aliphatic heterocycles. The molecule has 0 spiro atoms. The molecule has 0 bridgehead atoms. The molecular weight excluding hydrogens is 504 g/mol. The first-order chi connectivity index (χ1) is 18.9. The van der Waals surface area contributed by atoms with Crippen molar-refractivity contribution in [3.05, 3.63) is 47.5 Å². The number of ether oxygens (including phenoxy) is 6. The van der Waals surface area contributed by atoms with Gasteiger partial charge in [0.15, 0.2) is 23.0 Å². The van der Waals surface area contributed by atoms with E-state index >= 15 is 0 Å². The van der Waals surface area contributed by atoms with E-state index in [9.17, 15) is 9.59 Å². The molecule has 0 saturated carbocycles. The van der Waals surface area contributed by atoms with Crippen LogP contribution in [0.1, 0.15) is 11.1 Å². The van der Waals surface area contributed by atoms with Gasteiger partial charge < -0.3 is 33.3 Å². The number of carbonyl (C=O) groups is 2. The van der Waals surface area contributed by atoms with Crippen LogP contribution >= 0.6 is 0 Å². The molecule has 39 heavy (non-hydrogen) atoms. The predicted octanol–water partition coefficient (Wildman–Crippen LogP) is 3.05. The highest BCUT2D eigenvalue weighted by molar-refractivity contribution is 5.75. The normalized spacial score (nSPS) is 19.5. The van der Waals surface area contributed by atoms with E-state index in [1.165, 1.54) is 7.11 Å². The van der Waals surface area contributed by atoms with Crippen LogP contribution in [0.25, 0.3) is 0 Å². The van der Waals surface area contributed by atoms with Crippen molar-refractivity contribution in [2.45, 2.75) is 12.8 Å². The molecule has 0 aromatic heterocycles. The van der Waals surface area contributed by atoms with E-state index < -0.39 is 6.09 Å². The van der Waals surface area contributed by atoms with E-state index in [1.54, 1.807) is 32.3 Å². The van der Waals surface area contributed by atoms with Crippen molar-refractivity contribution in [1.82, 2.24) is 9.80 Å². The van der Waals surface area contributed by atoms with Crippen LogP contribution in [0.4, 0.5) is 4.79 Å². The van der Waals surface area contributed by atoms with Crippen LogP contribution in [0.2, 0.25) is 0 Å². The van der Waals surface area contributed by atoms with Gasteiger partial charge in [0.2, 0.25) is 0 Å². The van der Waals surface area contributed by atoms with Crippen LogP contribution in [0, 0.1) is 11.8 Å². The van der Waals surface area contributed by atoms with Gasteiger partial charge in [0.05, 0.1) is 40.5 Å². The maximum atomic E-state index is 12.8. The average molecular weight is 543 g/mol. The summed E-state index contributed by atoms with van der Waals surface area (Å²) in [6.07, 6.45) is 0.759. The number of nitrogens with zero attached hydrogens (tertiary/aromatic N) is 2. The molecule has 0 unspecified atom stereocenters. The van der Waals surface area contributed by atoms with Gasteiger partial charge in [-0.2, -0.15) is 0 Å². The van der Waals surface area contributed by atoms with Gasteiger partial charge in [-0.05, 0) is 48.2 Å². The Morgan fingerprint density at radius 2 is 1.46 bits per heavy atom. The molecule has 2 atom stereocenters. The molecule has 2 fully saturated rings. The number of rotatable bonds is 11. The summed E-state index contributed by atoms with van der Waals surface area (Å²) in [5, 5.41) is 0. The van der Waals surface area contributed by atoms with Crippen molar-refractivity contribution >= 4 is 12.1 Å². The number of cyclic esters (lactones) is 1. The minimum absolute atomic E-state index is 0.0154. The van der Waals surface area contributed by atoms with E-state index in [0.29, 0.717) is 62.1 Å². The molecule has 0 radical (unpaired) electrons. The smallest absolute Gasteiger partial charge is 0.415 e. The second kappa shape index (κ2) is 13.5. The fourth-order valence-electron chi connectivity index (χ4n) is 5.08. The highest BCUT2D eigenvalue weighted by Crippen LogP contribution is 2.35. The number of hydrogen-bond donors (Lipinski definition) is 0. The summed E-state index contributed by atoms with van der Waals surface area (Å²) in [5.41, 5.74) is 1.94. The lowest BCUT2D eigenvalue weighted by Gasteiger charge is -2.33. The van der Waals surface area contributed by atoms with Crippen molar-refractivity contribution in [1.29, 1.82) is 0 Å². The minimum Gasteiger partial charge on any atom is -0.493 e. The van der Waals surface area contributed by atoms with E-state index in [0.717, 1.165) is 30.8 Å². The zero-order chi connectivity index (χ0) is 27.8. The molecular formula is C29H38N2O8. The van der Waals surface area contributed by atoms with Crippen LogP contribution in [0.3, 0.4) is 0 Å². The molecule has 0 N–H and O–H groups in total. The number of piperazine rings is 1. The summed E-state index contributed by atoms with van der Waals surface area (Å²) in [6, 6.07) is 11.2. The molecule has 2 aromatic rings. The number of amides is 1. The summed E-state index contributed by atoms with van der Waals surface area (Å²) in [5.74, 6) is 1.62. The van der Waals surface area contributed by atoms with E-state index in [2.05, 4.69) is 4.90 Å². The zero-order valence-corrected chi connectivity index (χ0v) is 23.1. The molecule has 10 nitrogen and oxygen atoms in total. The summed E-state index contributed by atoms with van der Waals surface area (Å²) < 4.78 is 32.6. The lowest BCUT2D eigenvalue weighted by molar-refractivity contribution is -0.141. The van der Waals surface area contributed by atoms with Crippen LogP contribution in [-0.2, 0) is 27.1 Å². The second-order valence-corrected chi connectivity index (χ2v) is 9.77. The second-order valence-electron chi connectivity index (χ2n) is 9.77. The summed E-state index contributed by atoms with van der Waals surface area (Å²) in [7, 11) is 6.42. The molecule has 2 aromatic carbocycles. The van der Waals surface area contributed by atoms with Gasteiger partial charge >= 0.3 is 12.1 Å². The monoisotopic (exact) mass is 542 g/mol. The van der Waals surface area contributed by atoms with Crippen molar-refractivity contribution in [2.75, 3.05) is 74.4 Å². The molecule has 2 heterocycles. The van der Waals surface area contributed by atoms with Crippen molar-refractivity contribution in [3.8, 4) is 23.0 Å². The first-order valence-corrected chi connectivity index (χ1v) is 13.2. The van der Waals surface area contributed by atoms with Gasteiger partial charge in [-0.25, -0.2) is 4.79 Å². The molecule has 2 saturated heterocycles. The highest BCUT2D eigenvalue weighted by Gasteiger charge is 2.37. The van der Waals surface area contributed by atoms with E-state index in [-0.39, 0.29) is 17.8 Å². The van der Waals surface area contributed by atoms with E-state index in [4.69, 9.17) is 28.4 Å². The van der Waals surface area contributed by atoms with Gasteiger partial charge in [-0.3, -0.25) is 9.69 Å². The third kappa shape index (κ3) is 7.13. The fourth-order valence-corrected chi connectivity index (χ4v) is 5.08. The zero-order valence-electron chi connectivity index (χ0n) is 23.1. The molecule has 212 valence electrons. The first-order valence-electron chi connectivity index (χ1n) is 13.2. The summed E-state index contributed by atoms with van der Waals surface area (Å²) in [4.78, 5) is 29.4. The molecule has 4 rings (SSSR count). The molecule has 10 heteroatoms. The highest BCUT2D eigenvalue weighted by atomic mass is 16.6. The Bertz CT molecular complexity index is 1130. The van der Waals surface area contributed by atoms with Crippen molar-refractivity contribution in [2.24, 2.45) is 11.8 Å². The number of carbonyl (C=O) groups excluding carboxylic acids is 2. The van der Waals surface area contributed by atoms with Gasteiger partial charge in [-0.15, -0.1) is 0 Å². The first kappa shape index (κ1) is 28.5. The molecule has 0 aliphatic carbocycles. The van der Waals surface area contributed by atoms with Gasteiger partial charge in [-0.1, -0.05) is 12.1 Å². The van der Waals surface area contributed by atoms with Crippen LogP contribution in [0.5, 0.6) is 23.0 Å². The minimum atomic E-state index is -0.401. The largest absolute Gasteiger partial charge is 0.493 e. The topological polar surface area (TPSA) is 96.0 Å². The Hall–Kier alpha value is -3.50. The Labute approximate surface area is 229 Å². The number of esters is 1. The van der Waals surface area contributed by atoms with Crippen LogP contribution in [-0.4, -0.2) is 96.2 Å². The lowest BCUT2D eigenvalue weighted by Crippen LogP contribution is -2.50. The summed E-state index contributed by atoms with van der Waals surface area (Å²) >= 11 is 0. The average Bonchev–Trinajstić information content (AvgIpc) is 3.30. The maximum absolute atomic E-state index is 12.8. The Morgan fingerprint density at radius 3 is 2.10 bits per heavy atom. The quantitative estimate of drug-likeness (QED) is 0.397. The van der Waals surface area contributed by atoms with Crippen molar-refractivity contribution < 1.29 is 38.0 Å². The Morgan fingerprint density at radius 1 is 0.846 bits per heavy atom. The van der Waals surface area contributed by atoms with Crippen molar-refractivity contribution in [3.63, 3.8) is 0 Å². The number of benzene rings is 2. The van der Waals surface area contributed by atoms with Crippen LogP contribution in [0.15, 0.2) is 36.4 Å². The fraction of sp³-hybridized carbons (Fsp3) is 0.517. The Balaban J connectivity index is 1.38.